The van der Waals surface area contributed by atoms with E-state index in [0.29, 0.717) is 12.4 Å². The third-order valence-electron chi connectivity index (χ3n) is 2.27. The molecule has 1 aliphatic rings. The van der Waals surface area contributed by atoms with Gasteiger partial charge in [-0.15, -0.1) is 11.6 Å². The molecule has 1 heterocycles. The van der Waals surface area contributed by atoms with Crippen LogP contribution in [-0.2, 0) is 11.2 Å². The van der Waals surface area contributed by atoms with Crippen molar-refractivity contribution in [3.8, 4) is 0 Å². The van der Waals surface area contributed by atoms with E-state index in [1.54, 1.807) is 0 Å². The van der Waals surface area contributed by atoms with E-state index in [0.717, 1.165) is 17.8 Å². The highest BCUT2D eigenvalue weighted by molar-refractivity contribution is 6.18. The summed E-state index contributed by atoms with van der Waals surface area (Å²) in [5.74, 6) is 0.0931. The molecule has 0 atom stereocenters. The number of aryl methyl sites for hydroxylation is 1. The number of halogens is 1. The van der Waals surface area contributed by atoms with Gasteiger partial charge in [-0.3, -0.25) is 4.79 Å². The second kappa shape index (κ2) is 3.88. The average Bonchev–Trinajstić information content (AvgIpc) is 2.19. The van der Waals surface area contributed by atoms with E-state index in [9.17, 15) is 4.79 Å². The summed E-state index contributed by atoms with van der Waals surface area (Å²) in [5.41, 5.74) is 3.08. The zero-order chi connectivity index (χ0) is 9.97. The molecule has 0 bridgehead atoms. The van der Waals surface area contributed by atoms with Crippen LogP contribution in [0.3, 0.4) is 0 Å². The molecule has 4 heteroatoms. The summed E-state index contributed by atoms with van der Waals surface area (Å²) < 4.78 is 0. The van der Waals surface area contributed by atoms with Gasteiger partial charge in [0.05, 0.1) is 6.00 Å². The Balaban J connectivity index is 2.26. The zero-order valence-corrected chi connectivity index (χ0v) is 8.40. The molecule has 0 unspecified atom stereocenters. The molecule has 14 heavy (non-hydrogen) atoms. The van der Waals surface area contributed by atoms with Gasteiger partial charge in [0.2, 0.25) is 5.91 Å². The molecule has 0 spiro atoms. The van der Waals surface area contributed by atoms with Gasteiger partial charge >= 0.3 is 0 Å². The maximum atomic E-state index is 11.1. The molecule has 1 aromatic rings. The molecule has 0 saturated carbocycles. The topological polar surface area (TPSA) is 41.1 Å². The first-order valence-electron chi connectivity index (χ1n) is 4.52. The van der Waals surface area contributed by atoms with Gasteiger partial charge in [-0.2, -0.15) is 0 Å². The van der Waals surface area contributed by atoms with Crippen molar-refractivity contribution < 1.29 is 4.79 Å². The number of rotatable bonds is 2. The summed E-state index contributed by atoms with van der Waals surface area (Å²) in [6.45, 7) is 0. The lowest BCUT2D eigenvalue weighted by Crippen LogP contribution is -2.18. The number of carbonyl (C=O) groups excluding carboxylic acids is 1. The number of benzene rings is 1. The van der Waals surface area contributed by atoms with Crippen molar-refractivity contribution in [3.63, 3.8) is 0 Å². The van der Waals surface area contributed by atoms with Crippen molar-refractivity contribution in [3.05, 3.63) is 23.8 Å². The molecule has 1 aromatic carbocycles. The van der Waals surface area contributed by atoms with Crippen LogP contribution in [0.2, 0.25) is 0 Å². The molecule has 0 aliphatic carbocycles. The Kier molecular flexibility index (Phi) is 2.59. The summed E-state index contributed by atoms with van der Waals surface area (Å²) in [4.78, 5) is 11.1. The normalized spacial score (nSPS) is 14.5. The van der Waals surface area contributed by atoms with E-state index in [-0.39, 0.29) is 5.91 Å². The minimum absolute atomic E-state index is 0.0931. The number of fused-ring (bicyclic) bond motifs is 1. The van der Waals surface area contributed by atoms with Gasteiger partial charge in [0.1, 0.15) is 0 Å². The Bertz CT molecular complexity index is 365. The lowest BCUT2D eigenvalue weighted by Gasteiger charge is -2.17. The van der Waals surface area contributed by atoms with Crippen LogP contribution in [0.5, 0.6) is 0 Å². The number of amides is 1. The molecule has 0 fully saturated rings. The quantitative estimate of drug-likeness (QED) is 0.580. The van der Waals surface area contributed by atoms with Crippen molar-refractivity contribution in [1.29, 1.82) is 0 Å². The second-order valence-electron chi connectivity index (χ2n) is 3.23. The molecule has 3 nitrogen and oxygen atoms in total. The van der Waals surface area contributed by atoms with Crippen LogP contribution < -0.4 is 10.6 Å². The standard InChI is InChI=1S/C10H11ClN2O/c11-6-12-8-2-3-9-7(5-8)1-4-10(14)13-9/h2-3,5,12H,1,4,6H2,(H,13,14). The molecule has 2 rings (SSSR count). The first-order valence-corrected chi connectivity index (χ1v) is 5.05. The smallest absolute Gasteiger partial charge is 0.224 e. The predicted octanol–water partition coefficient (Wildman–Crippen LogP) is 2.18. The van der Waals surface area contributed by atoms with E-state index in [2.05, 4.69) is 10.6 Å². The minimum Gasteiger partial charge on any atom is -0.372 e. The van der Waals surface area contributed by atoms with Crippen LogP contribution in [-0.4, -0.2) is 11.9 Å². The van der Waals surface area contributed by atoms with E-state index >= 15 is 0 Å². The van der Waals surface area contributed by atoms with Gasteiger partial charge in [0, 0.05) is 17.8 Å². The summed E-state index contributed by atoms with van der Waals surface area (Å²) >= 11 is 5.56. The Morgan fingerprint density at radius 2 is 2.29 bits per heavy atom. The Morgan fingerprint density at radius 1 is 1.43 bits per heavy atom. The van der Waals surface area contributed by atoms with Crippen LogP contribution in [0.4, 0.5) is 11.4 Å². The highest BCUT2D eigenvalue weighted by atomic mass is 35.5. The highest BCUT2D eigenvalue weighted by Gasteiger charge is 2.14. The maximum Gasteiger partial charge on any atom is 0.224 e. The first kappa shape index (κ1) is 9.34. The van der Waals surface area contributed by atoms with Gasteiger partial charge in [-0.25, -0.2) is 0 Å². The SMILES string of the molecule is O=C1CCc2cc(NCCl)ccc2N1. The van der Waals surface area contributed by atoms with Crippen LogP contribution in [0.25, 0.3) is 0 Å². The van der Waals surface area contributed by atoms with E-state index < -0.39 is 0 Å². The number of alkyl halides is 1. The molecule has 1 aliphatic heterocycles. The van der Waals surface area contributed by atoms with Crippen LogP contribution >= 0.6 is 11.6 Å². The monoisotopic (exact) mass is 210 g/mol. The number of hydrogen-bond donors (Lipinski definition) is 2. The predicted molar refractivity (Wildman–Crippen MR) is 57.7 cm³/mol. The van der Waals surface area contributed by atoms with Crippen molar-refractivity contribution >= 4 is 28.9 Å². The van der Waals surface area contributed by atoms with E-state index in [1.807, 2.05) is 18.2 Å². The van der Waals surface area contributed by atoms with Crippen molar-refractivity contribution in [2.24, 2.45) is 0 Å². The molecule has 2 N–H and O–H groups in total. The van der Waals surface area contributed by atoms with Crippen molar-refractivity contribution in [1.82, 2.24) is 0 Å². The van der Waals surface area contributed by atoms with Crippen molar-refractivity contribution in [2.75, 3.05) is 16.6 Å². The number of anilines is 2. The highest BCUT2D eigenvalue weighted by Crippen LogP contribution is 2.25. The zero-order valence-electron chi connectivity index (χ0n) is 7.64. The van der Waals surface area contributed by atoms with Crippen LogP contribution in [0, 0.1) is 0 Å². The van der Waals surface area contributed by atoms with Crippen molar-refractivity contribution in [2.45, 2.75) is 12.8 Å². The lowest BCUT2D eigenvalue weighted by atomic mass is 10.0. The molecular formula is C10H11ClN2O. The van der Waals surface area contributed by atoms with Gasteiger partial charge < -0.3 is 10.6 Å². The van der Waals surface area contributed by atoms with E-state index in [1.165, 1.54) is 5.56 Å². The molecule has 0 radical (unpaired) electrons. The fourth-order valence-electron chi connectivity index (χ4n) is 1.57. The Morgan fingerprint density at radius 3 is 3.07 bits per heavy atom. The number of carbonyl (C=O) groups is 1. The molecule has 0 aromatic heterocycles. The third kappa shape index (κ3) is 1.82. The molecular weight excluding hydrogens is 200 g/mol. The van der Waals surface area contributed by atoms with Gasteiger partial charge in [0.25, 0.3) is 0 Å². The van der Waals surface area contributed by atoms with Gasteiger partial charge in [0.15, 0.2) is 0 Å². The van der Waals surface area contributed by atoms with Crippen LogP contribution in [0.1, 0.15) is 12.0 Å². The molecule has 1 amide bonds. The lowest BCUT2D eigenvalue weighted by molar-refractivity contribution is -0.116. The summed E-state index contributed by atoms with van der Waals surface area (Å²) in [6.07, 6.45) is 1.37. The Hall–Kier alpha value is -1.22. The largest absolute Gasteiger partial charge is 0.372 e. The van der Waals surface area contributed by atoms with Gasteiger partial charge in [-0.1, -0.05) is 0 Å². The fourth-order valence-corrected chi connectivity index (χ4v) is 1.72. The van der Waals surface area contributed by atoms with E-state index in [4.69, 9.17) is 11.6 Å². The Labute approximate surface area is 87.4 Å². The third-order valence-corrected chi connectivity index (χ3v) is 2.41. The fraction of sp³-hybridized carbons (Fsp3) is 0.300. The summed E-state index contributed by atoms with van der Waals surface area (Å²) in [5, 5.41) is 5.85. The summed E-state index contributed by atoms with van der Waals surface area (Å²) in [6, 6.07) is 6.23. The summed E-state index contributed by atoms with van der Waals surface area (Å²) in [7, 11) is 0. The second-order valence-corrected chi connectivity index (χ2v) is 3.50. The molecule has 74 valence electrons. The average molecular weight is 211 g/mol. The molecule has 0 saturated heterocycles. The number of hydrogen-bond acceptors (Lipinski definition) is 2. The minimum atomic E-state index is 0.0931. The maximum absolute atomic E-state index is 11.1. The number of nitrogens with one attached hydrogen (secondary N) is 2. The van der Waals surface area contributed by atoms with Crippen LogP contribution in [0.15, 0.2) is 18.2 Å². The first-order chi connectivity index (χ1) is 6.79. The van der Waals surface area contributed by atoms with Gasteiger partial charge in [-0.05, 0) is 30.2 Å².